The van der Waals surface area contributed by atoms with Crippen molar-refractivity contribution in [1.29, 1.82) is 0 Å². The summed E-state index contributed by atoms with van der Waals surface area (Å²) in [5, 5.41) is 12.9. The van der Waals surface area contributed by atoms with Crippen molar-refractivity contribution in [3.8, 4) is 0 Å². The average molecular weight is 296 g/mol. The third kappa shape index (κ3) is 3.96. The van der Waals surface area contributed by atoms with E-state index in [0.29, 0.717) is 19.5 Å². The van der Waals surface area contributed by atoms with Gasteiger partial charge >= 0.3 is 0 Å². The Labute approximate surface area is 127 Å². The van der Waals surface area contributed by atoms with E-state index in [1.165, 1.54) is 0 Å². The molecule has 5 heteroatoms. The van der Waals surface area contributed by atoms with Crippen LogP contribution >= 0.6 is 0 Å². The summed E-state index contributed by atoms with van der Waals surface area (Å²) in [7, 11) is 0. The van der Waals surface area contributed by atoms with Gasteiger partial charge < -0.3 is 15.3 Å². The van der Waals surface area contributed by atoms with Gasteiger partial charge in [-0.15, -0.1) is 0 Å². The normalized spacial score (nSPS) is 28.0. The van der Waals surface area contributed by atoms with E-state index in [-0.39, 0.29) is 35.8 Å². The summed E-state index contributed by atoms with van der Waals surface area (Å²) in [6, 6.07) is -0.374. The van der Waals surface area contributed by atoms with Crippen LogP contribution in [0.4, 0.5) is 0 Å². The van der Waals surface area contributed by atoms with Crippen LogP contribution in [0.3, 0.4) is 0 Å². The molecule has 1 saturated carbocycles. The fourth-order valence-electron chi connectivity index (χ4n) is 3.53. The van der Waals surface area contributed by atoms with Gasteiger partial charge in [0.2, 0.25) is 11.8 Å². The van der Waals surface area contributed by atoms with Crippen molar-refractivity contribution in [3.05, 3.63) is 0 Å². The molecule has 120 valence electrons. The van der Waals surface area contributed by atoms with Gasteiger partial charge in [-0.2, -0.15) is 0 Å². The van der Waals surface area contributed by atoms with Crippen LogP contribution in [0.25, 0.3) is 0 Å². The number of nitrogens with one attached hydrogen (secondary N) is 1. The molecule has 0 unspecified atom stereocenters. The molecule has 2 fully saturated rings. The molecule has 2 N–H and O–H groups in total. The summed E-state index contributed by atoms with van der Waals surface area (Å²) in [4.78, 5) is 26.1. The minimum atomic E-state index is -0.374. The van der Waals surface area contributed by atoms with Crippen LogP contribution in [-0.2, 0) is 9.59 Å². The van der Waals surface area contributed by atoms with E-state index < -0.39 is 0 Å². The molecule has 1 heterocycles. The second kappa shape index (κ2) is 7.25. The summed E-state index contributed by atoms with van der Waals surface area (Å²) in [6.07, 6.45) is 5.09. The highest BCUT2D eigenvalue weighted by atomic mass is 16.3. The first-order chi connectivity index (χ1) is 10.0. The van der Waals surface area contributed by atoms with E-state index in [2.05, 4.69) is 5.32 Å². The van der Waals surface area contributed by atoms with E-state index in [4.69, 9.17) is 0 Å². The summed E-state index contributed by atoms with van der Waals surface area (Å²) in [5.41, 5.74) is 0. The summed E-state index contributed by atoms with van der Waals surface area (Å²) in [6.45, 7) is 5.16. The zero-order valence-electron chi connectivity index (χ0n) is 13.2. The maximum atomic E-state index is 12.5. The Hall–Kier alpha value is -1.10. The first kappa shape index (κ1) is 16.3. The molecule has 0 aromatic heterocycles. The fraction of sp³-hybridized carbons (Fsp3) is 0.875. The first-order valence-corrected chi connectivity index (χ1v) is 8.26. The van der Waals surface area contributed by atoms with Gasteiger partial charge in [-0.25, -0.2) is 0 Å². The third-order valence-corrected chi connectivity index (χ3v) is 4.75. The van der Waals surface area contributed by atoms with Gasteiger partial charge in [0.05, 0.1) is 6.10 Å². The zero-order chi connectivity index (χ0) is 15.4. The van der Waals surface area contributed by atoms with E-state index in [9.17, 15) is 14.7 Å². The number of hydrogen-bond donors (Lipinski definition) is 2. The molecule has 3 atom stereocenters. The molecule has 1 aliphatic heterocycles. The average Bonchev–Trinajstić information content (AvgIpc) is 2.84. The summed E-state index contributed by atoms with van der Waals surface area (Å²) >= 11 is 0. The van der Waals surface area contributed by atoms with Crippen LogP contribution in [0.15, 0.2) is 0 Å². The standard InChI is InChI=1S/C16H28N2O3/c1-11(2)15(18-9-5-8-14(18)20)16(21)17-10-12-6-3-4-7-13(12)19/h11-13,15,19H,3-10H2,1-2H3,(H,17,21)/t12-,13+,15+/m0/s1. The number of hydrogen-bond acceptors (Lipinski definition) is 3. The SMILES string of the molecule is CC(C)[C@H](C(=O)NC[C@@H]1CCCC[C@H]1O)N1CCCC1=O. The summed E-state index contributed by atoms with van der Waals surface area (Å²) < 4.78 is 0. The number of amides is 2. The van der Waals surface area contributed by atoms with Crippen molar-refractivity contribution in [2.75, 3.05) is 13.1 Å². The minimum absolute atomic E-state index is 0.0713. The van der Waals surface area contributed by atoms with Crippen LogP contribution in [0.5, 0.6) is 0 Å². The Kier molecular flexibility index (Phi) is 5.62. The second-order valence-corrected chi connectivity index (χ2v) is 6.74. The molecule has 2 rings (SSSR count). The molecule has 0 aromatic rings. The molecule has 1 aliphatic carbocycles. The number of carbonyl (C=O) groups excluding carboxylic acids is 2. The van der Waals surface area contributed by atoms with Crippen LogP contribution in [0.1, 0.15) is 52.4 Å². The molecule has 0 aromatic carbocycles. The van der Waals surface area contributed by atoms with Crippen LogP contribution in [0, 0.1) is 11.8 Å². The van der Waals surface area contributed by atoms with Crippen molar-refractivity contribution in [3.63, 3.8) is 0 Å². The van der Waals surface area contributed by atoms with E-state index in [1.54, 1.807) is 4.90 Å². The third-order valence-electron chi connectivity index (χ3n) is 4.75. The number of rotatable bonds is 5. The smallest absolute Gasteiger partial charge is 0.243 e. The number of aliphatic hydroxyl groups is 1. The Morgan fingerprint density at radius 1 is 1.33 bits per heavy atom. The van der Waals surface area contributed by atoms with E-state index in [1.807, 2.05) is 13.8 Å². The van der Waals surface area contributed by atoms with Gasteiger partial charge in [-0.3, -0.25) is 9.59 Å². The lowest BCUT2D eigenvalue weighted by Gasteiger charge is -2.32. The monoisotopic (exact) mass is 296 g/mol. The van der Waals surface area contributed by atoms with Gasteiger partial charge in [-0.05, 0) is 25.2 Å². The largest absolute Gasteiger partial charge is 0.393 e. The highest BCUT2D eigenvalue weighted by molar-refractivity contribution is 5.88. The van der Waals surface area contributed by atoms with Crippen LogP contribution in [0.2, 0.25) is 0 Å². The molecule has 0 spiro atoms. The first-order valence-electron chi connectivity index (χ1n) is 8.26. The molecular formula is C16H28N2O3. The second-order valence-electron chi connectivity index (χ2n) is 6.74. The molecule has 2 amide bonds. The number of carbonyl (C=O) groups is 2. The maximum Gasteiger partial charge on any atom is 0.243 e. The highest BCUT2D eigenvalue weighted by Crippen LogP contribution is 2.24. The Bertz CT molecular complexity index is 384. The number of likely N-dealkylation sites (tertiary alicyclic amines) is 1. The van der Waals surface area contributed by atoms with E-state index in [0.717, 1.165) is 32.1 Å². The lowest BCUT2D eigenvalue weighted by molar-refractivity contribution is -0.139. The predicted octanol–water partition coefficient (Wildman–Crippen LogP) is 1.30. The topological polar surface area (TPSA) is 69.6 Å². The quantitative estimate of drug-likeness (QED) is 0.803. The van der Waals surface area contributed by atoms with Gasteiger partial charge in [-0.1, -0.05) is 26.7 Å². The molecule has 5 nitrogen and oxygen atoms in total. The Morgan fingerprint density at radius 2 is 2.05 bits per heavy atom. The Morgan fingerprint density at radius 3 is 2.62 bits per heavy atom. The number of aliphatic hydroxyl groups excluding tert-OH is 1. The molecule has 0 radical (unpaired) electrons. The Balaban J connectivity index is 1.91. The minimum Gasteiger partial charge on any atom is -0.393 e. The van der Waals surface area contributed by atoms with Crippen molar-refractivity contribution < 1.29 is 14.7 Å². The van der Waals surface area contributed by atoms with Crippen LogP contribution < -0.4 is 5.32 Å². The van der Waals surface area contributed by atoms with Gasteiger partial charge in [0.1, 0.15) is 6.04 Å². The lowest BCUT2D eigenvalue weighted by Crippen LogP contribution is -2.51. The molecule has 0 bridgehead atoms. The van der Waals surface area contributed by atoms with Gasteiger partial charge in [0, 0.05) is 25.4 Å². The molecule has 21 heavy (non-hydrogen) atoms. The van der Waals surface area contributed by atoms with Crippen molar-refractivity contribution in [2.45, 2.75) is 64.5 Å². The van der Waals surface area contributed by atoms with Crippen molar-refractivity contribution >= 4 is 11.8 Å². The molecular weight excluding hydrogens is 268 g/mol. The lowest BCUT2D eigenvalue weighted by atomic mass is 9.86. The number of nitrogens with zero attached hydrogens (tertiary/aromatic N) is 1. The van der Waals surface area contributed by atoms with Gasteiger partial charge in [0.15, 0.2) is 0 Å². The summed E-state index contributed by atoms with van der Waals surface area (Å²) in [5.74, 6) is 0.271. The predicted molar refractivity (Wildman–Crippen MR) is 80.5 cm³/mol. The highest BCUT2D eigenvalue weighted by Gasteiger charge is 2.35. The van der Waals surface area contributed by atoms with Crippen molar-refractivity contribution in [2.24, 2.45) is 11.8 Å². The van der Waals surface area contributed by atoms with E-state index >= 15 is 0 Å². The van der Waals surface area contributed by atoms with Crippen LogP contribution in [-0.4, -0.2) is 47.1 Å². The fourth-order valence-corrected chi connectivity index (χ4v) is 3.53. The van der Waals surface area contributed by atoms with Crippen molar-refractivity contribution in [1.82, 2.24) is 10.2 Å². The molecule has 1 saturated heterocycles. The van der Waals surface area contributed by atoms with Gasteiger partial charge in [0.25, 0.3) is 0 Å². The molecule has 2 aliphatic rings. The zero-order valence-corrected chi connectivity index (χ0v) is 13.2. The maximum absolute atomic E-state index is 12.5.